The highest BCUT2D eigenvalue weighted by atomic mass is 15.1. The molecule has 2 N–H and O–H groups in total. The maximum absolute atomic E-state index is 5.51. The largest absolute Gasteiger partial charge is 0.330 e. The summed E-state index contributed by atoms with van der Waals surface area (Å²) < 4.78 is 0. The van der Waals surface area contributed by atoms with Gasteiger partial charge in [0.15, 0.2) is 0 Å². The molecule has 1 rings (SSSR count). The van der Waals surface area contributed by atoms with E-state index in [0.717, 1.165) is 32.6 Å². The fourth-order valence-electron chi connectivity index (χ4n) is 1.57. The van der Waals surface area contributed by atoms with Gasteiger partial charge in [0.2, 0.25) is 0 Å². The van der Waals surface area contributed by atoms with Crippen molar-refractivity contribution in [1.82, 2.24) is 4.90 Å². The van der Waals surface area contributed by atoms with Crippen molar-refractivity contribution >= 4 is 0 Å². The summed E-state index contributed by atoms with van der Waals surface area (Å²) in [5.41, 5.74) is 6.86. The van der Waals surface area contributed by atoms with Gasteiger partial charge in [-0.3, -0.25) is 4.90 Å². The first-order valence-corrected chi connectivity index (χ1v) is 5.44. The Morgan fingerprint density at radius 1 is 1.27 bits per heavy atom. The van der Waals surface area contributed by atoms with E-state index >= 15 is 0 Å². The van der Waals surface area contributed by atoms with Crippen LogP contribution in [0.3, 0.4) is 0 Å². The molecule has 0 unspecified atom stereocenters. The molecule has 0 amide bonds. The van der Waals surface area contributed by atoms with Gasteiger partial charge in [-0.05, 0) is 18.5 Å². The molecule has 0 aliphatic carbocycles. The van der Waals surface area contributed by atoms with Crippen LogP contribution in [0.15, 0.2) is 43.0 Å². The van der Waals surface area contributed by atoms with E-state index in [4.69, 9.17) is 5.73 Å². The number of rotatable bonds is 7. The molecule has 0 bridgehead atoms. The molecule has 0 radical (unpaired) electrons. The molecule has 0 saturated heterocycles. The molecular weight excluding hydrogens is 184 g/mol. The van der Waals surface area contributed by atoms with Crippen molar-refractivity contribution in [3.05, 3.63) is 48.6 Å². The van der Waals surface area contributed by atoms with Crippen molar-refractivity contribution in [3.8, 4) is 0 Å². The Hall–Kier alpha value is -1.12. The Morgan fingerprint density at radius 2 is 2.00 bits per heavy atom. The summed E-state index contributed by atoms with van der Waals surface area (Å²) in [4.78, 5) is 2.36. The lowest BCUT2D eigenvalue weighted by Crippen LogP contribution is -2.26. The Kier molecular flexibility index (Phi) is 5.74. The molecule has 1 aromatic rings. The average Bonchev–Trinajstić information content (AvgIpc) is 2.28. The maximum Gasteiger partial charge on any atom is 0.0237 e. The summed E-state index contributed by atoms with van der Waals surface area (Å²) in [6.45, 7) is 7.47. The van der Waals surface area contributed by atoms with Crippen molar-refractivity contribution < 1.29 is 0 Å². The smallest absolute Gasteiger partial charge is 0.0237 e. The van der Waals surface area contributed by atoms with Gasteiger partial charge in [-0.1, -0.05) is 36.4 Å². The molecule has 0 atom stereocenters. The molecule has 0 fully saturated rings. The van der Waals surface area contributed by atoms with E-state index in [1.54, 1.807) is 0 Å². The quantitative estimate of drug-likeness (QED) is 0.689. The Bertz CT molecular complexity index is 269. The van der Waals surface area contributed by atoms with Gasteiger partial charge < -0.3 is 5.73 Å². The Labute approximate surface area is 92.4 Å². The lowest BCUT2D eigenvalue weighted by Gasteiger charge is -2.20. The highest BCUT2D eigenvalue weighted by molar-refractivity contribution is 5.14. The van der Waals surface area contributed by atoms with E-state index in [0.29, 0.717) is 0 Å². The standard InChI is InChI=1S/C13H20N2/c1-2-10-15(11-6-9-14)12-13-7-4-3-5-8-13/h2-5,7-8H,1,6,9-12,14H2. The normalized spacial score (nSPS) is 10.5. The van der Waals surface area contributed by atoms with E-state index in [1.165, 1.54) is 5.56 Å². The number of benzene rings is 1. The zero-order valence-electron chi connectivity index (χ0n) is 9.23. The Morgan fingerprint density at radius 3 is 2.60 bits per heavy atom. The fraction of sp³-hybridized carbons (Fsp3) is 0.385. The zero-order valence-corrected chi connectivity index (χ0v) is 9.23. The minimum Gasteiger partial charge on any atom is -0.330 e. The first kappa shape index (κ1) is 12.0. The van der Waals surface area contributed by atoms with E-state index in [2.05, 4.69) is 35.7 Å². The second-order valence-electron chi connectivity index (χ2n) is 3.65. The van der Waals surface area contributed by atoms with E-state index < -0.39 is 0 Å². The van der Waals surface area contributed by atoms with Crippen molar-refractivity contribution in [2.24, 2.45) is 5.73 Å². The SMILES string of the molecule is C=CCN(CCCN)Cc1ccccc1. The fourth-order valence-corrected chi connectivity index (χ4v) is 1.57. The van der Waals surface area contributed by atoms with Gasteiger partial charge in [0.05, 0.1) is 0 Å². The summed E-state index contributed by atoms with van der Waals surface area (Å²) in [5, 5.41) is 0. The van der Waals surface area contributed by atoms with Gasteiger partial charge in [0, 0.05) is 19.6 Å². The molecule has 0 spiro atoms. The molecule has 1 aromatic carbocycles. The molecule has 0 saturated carbocycles. The highest BCUT2D eigenvalue weighted by Gasteiger charge is 2.02. The summed E-state index contributed by atoms with van der Waals surface area (Å²) in [5.74, 6) is 0. The number of hydrogen-bond acceptors (Lipinski definition) is 2. The van der Waals surface area contributed by atoms with Gasteiger partial charge in [0.1, 0.15) is 0 Å². The van der Waals surface area contributed by atoms with E-state index in [-0.39, 0.29) is 0 Å². The lowest BCUT2D eigenvalue weighted by atomic mass is 10.2. The van der Waals surface area contributed by atoms with Crippen LogP contribution in [-0.2, 0) is 6.54 Å². The monoisotopic (exact) mass is 204 g/mol. The van der Waals surface area contributed by atoms with Crippen LogP contribution in [0.4, 0.5) is 0 Å². The van der Waals surface area contributed by atoms with Crippen LogP contribution in [0.2, 0.25) is 0 Å². The predicted molar refractivity (Wildman–Crippen MR) is 65.6 cm³/mol. The van der Waals surface area contributed by atoms with Gasteiger partial charge >= 0.3 is 0 Å². The van der Waals surface area contributed by atoms with Crippen LogP contribution in [-0.4, -0.2) is 24.5 Å². The van der Waals surface area contributed by atoms with Gasteiger partial charge in [-0.2, -0.15) is 0 Å². The molecule has 0 aromatic heterocycles. The zero-order chi connectivity index (χ0) is 10.9. The van der Waals surface area contributed by atoms with Crippen LogP contribution in [0, 0.1) is 0 Å². The third kappa shape index (κ3) is 4.77. The van der Waals surface area contributed by atoms with Crippen LogP contribution in [0.5, 0.6) is 0 Å². The van der Waals surface area contributed by atoms with Crippen LogP contribution < -0.4 is 5.73 Å². The van der Waals surface area contributed by atoms with Crippen molar-refractivity contribution in [3.63, 3.8) is 0 Å². The topological polar surface area (TPSA) is 29.3 Å². The minimum absolute atomic E-state index is 0.752. The maximum atomic E-state index is 5.51. The predicted octanol–water partition coefficient (Wildman–Crippen LogP) is 2.02. The second-order valence-corrected chi connectivity index (χ2v) is 3.65. The number of nitrogens with zero attached hydrogens (tertiary/aromatic N) is 1. The summed E-state index contributed by atoms with van der Waals surface area (Å²) in [6, 6.07) is 10.5. The van der Waals surface area contributed by atoms with Gasteiger partial charge in [0.25, 0.3) is 0 Å². The summed E-state index contributed by atoms with van der Waals surface area (Å²) in [6.07, 6.45) is 2.99. The third-order valence-electron chi connectivity index (χ3n) is 2.31. The number of nitrogens with two attached hydrogens (primary N) is 1. The molecule has 0 aliphatic rings. The summed E-state index contributed by atoms with van der Waals surface area (Å²) >= 11 is 0. The Balaban J connectivity index is 2.46. The summed E-state index contributed by atoms with van der Waals surface area (Å²) in [7, 11) is 0. The minimum atomic E-state index is 0.752. The average molecular weight is 204 g/mol. The second kappa shape index (κ2) is 7.21. The van der Waals surface area contributed by atoms with E-state index in [1.807, 2.05) is 12.1 Å². The van der Waals surface area contributed by atoms with Crippen LogP contribution >= 0.6 is 0 Å². The molecule has 0 aliphatic heterocycles. The molecule has 2 heteroatoms. The third-order valence-corrected chi connectivity index (χ3v) is 2.31. The molecule has 15 heavy (non-hydrogen) atoms. The van der Waals surface area contributed by atoms with E-state index in [9.17, 15) is 0 Å². The molecule has 2 nitrogen and oxygen atoms in total. The molecular formula is C13H20N2. The van der Waals surface area contributed by atoms with Crippen LogP contribution in [0.25, 0.3) is 0 Å². The van der Waals surface area contributed by atoms with Gasteiger partial charge in [-0.25, -0.2) is 0 Å². The first-order chi connectivity index (χ1) is 7.36. The highest BCUT2D eigenvalue weighted by Crippen LogP contribution is 2.04. The molecule has 0 heterocycles. The first-order valence-electron chi connectivity index (χ1n) is 5.44. The van der Waals surface area contributed by atoms with Gasteiger partial charge in [-0.15, -0.1) is 6.58 Å². The van der Waals surface area contributed by atoms with Crippen molar-refractivity contribution in [2.75, 3.05) is 19.6 Å². The molecule has 82 valence electrons. The van der Waals surface area contributed by atoms with Crippen LogP contribution in [0.1, 0.15) is 12.0 Å². The lowest BCUT2D eigenvalue weighted by molar-refractivity contribution is 0.292. The number of hydrogen-bond donors (Lipinski definition) is 1. The van der Waals surface area contributed by atoms with Crippen molar-refractivity contribution in [1.29, 1.82) is 0 Å². The van der Waals surface area contributed by atoms with Crippen molar-refractivity contribution in [2.45, 2.75) is 13.0 Å².